The Morgan fingerprint density at radius 1 is 1.63 bits per heavy atom. The van der Waals surface area contributed by atoms with Gasteiger partial charge < -0.3 is 10.4 Å². The van der Waals surface area contributed by atoms with Crippen molar-refractivity contribution in [2.75, 3.05) is 20.6 Å². The summed E-state index contributed by atoms with van der Waals surface area (Å²) in [6.45, 7) is 8.04. The van der Waals surface area contributed by atoms with E-state index in [-0.39, 0.29) is 17.4 Å². The molecule has 0 aromatic heterocycles. The molecular weight excluding hydrogens is 244 g/mol. The SMILES string of the molecule is C=CC(CCC(=C)C(=O)O)(C1NCCC1=O)N(C)C. The first-order chi connectivity index (χ1) is 8.85. The quantitative estimate of drug-likeness (QED) is 0.527. The summed E-state index contributed by atoms with van der Waals surface area (Å²) in [6, 6.07) is -0.332. The number of hydrogen-bond acceptors (Lipinski definition) is 4. The van der Waals surface area contributed by atoms with Crippen LogP contribution in [0.25, 0.3) is 0 Å². The Kier molecular flexibility index (Phi) is 5.03. The molecule has 0 aromatic carbocycles. The molecule has 1 heterocycles. The number of carbonyl (C=O) groups is 2. The molecule has 2 N–H and O–H groups in total. The number of ketones is 1. The Morgan fingerprint density at radius 2 is 2.26 bits per heavy atom. The van der Waals surface area contributed by atoms with Crippen LogP contribution in [0, 0.1) is 0 Å². The standard InChI is InChI=1S/C14H22N2O3/c1-5-14(16(3)4,8-6-10(2)13(18)19)12-11(17)7-9-15-12/h5,12,15H,1-2,6-9H2,3-4H3,(H,18,19). The maximum absolute atomic E-state index is 12.0. The lowest BCUT2D eigenvalue weighted by Gasteiger charge is -2.41. The van der Waals surface area contributed by atoms with Crippen LogP contribution in [0.1, 0.15) is 19.3 Å². The van der Waals surface area contributed by atoms with E-state index in [0.29, 0.717) is 25.8 Å². The number of carboxylic acid groups (broad SMARTS) is 1. The van der Waals surface area contributed by atoms with E-state index in [1.165, 1.54) is 0 Å². The van der Waals surface area contributed by atoms with Crippen molar-refractivity contribution >= 4 is 11.8 Å². The molecule has 0 aliphatic carbocycles. The zero-order chi connectivity index (χ0) is 14.6. The molecule has 5 heteroatoms. The van der Waals surface area contributed by atoms with Crippen LogP contribution in [0.3, 0.4) is 0 Å². The molecule has 0 amide bonds. The fourth-order valence-electron chi connectivity index (χ4n) is 2.54. The molecule has 1 saturated heterocycles. The van der Waals surface area contributed by atoms with Crippen molar-refractivity contribution in [2.24, 2.45) is 0 Å². The highest BCUT2D eigenvalue weighted by atomic mass is 16.4. The summed E-state index contributed by atoms with van der Waals surface area (Å²) in [5.74, 6) is -0.850. The van der Waals surface area contributed by atoms with Crippen molar-refractivity contribution in [3.8, 4) is 0 Å². The highest BCUT2D eigenvalue weighted by Gasteiger charge is 2.44. The maximum atomic E-state index is 12.0. The first kappa shape index (κ1) is 15.6. The molecule has 0 spiro atoms. The van der Waals surface area contributed by atoms with Gasteiger partial charge in [0.2, 0.25) is 0 Å². The minimum Gasteiger partial charge on any atom is -0.478 e. The molecule has 1 fully saturated rings. The van der Waals surface area contributed by atoms with E-state index in [4.69, 9.17) is 5.11 Å². The van der Waals surface area contributed by atoms with Crippen LogP contribution >= 0.6 is 0 Å². The lowest BCUT2D eigenvalue weighted by atomic mass is 9.81. The predicted molar refractivity (Wildman–Crippen MR) is 74.0 cm³/mol. The van der Waals surface area contributed by atoms with Gasteiger partial charge in [-0.3, -0.25) is 9.69 Å². The number of nitrogens with zero attached hydrogens (tertiary/aromatic N) is 1. The van der Waals surface area contributed by atoms with Gasteiger partial charge in [-0.15, -0.1) is 6.58 Å². The van der Waals surface area contributed by atoms with E-state index >= 15 is 0 Å². The Hall–Kier alpha value is -1.46. The average molecular weight is 266 g/mol. The second kappa shape index (κ2) is 6.12. The van der Waals surface area contributed by atoms with Gasteiger partial charge in [0.1, 0.15) is 0 Å². The molecule has 5 nitrogen and oxygen atoms in total. The van der Waals surface area contributed by atoms with Crippen LogP contribution in [0.5, 0.6) is 0 Å². The number of carbonyl (C=O) groups excluding carboxylic acids is 1. The van der Waals surface area contributed by atoms with Gasteiger partial charge >= 0.3 is 5.97 Å². The van der Waals surface area contributed by atoms with Gasteiger partial charge in [0, 0.05) is 18.5 Å². The first-order valence-corrected chi connectivity index (χ1v) is 6.33. The highest BCUT2D eigenvalue weighted by molar-refractivity contribution is 5.88. The number of Topliss-reactive ketones (excluding diaryl/α,β-unsaturated/α-hetero) is 1. The van der Waals surface area contributed by atoms with Gasteiger partial charge in [0.15, 0.2) is 5.78 Å². The zero-order valence-electron chi connectivity index (χ0n) is 11.6. The number of likely N-dealkylation sites (N-methyl/N-ethyl adjacent to an activating group) is 1. The second-order valence-corrected chi connectivity index (χ2v) is 5.10. The van der Waals surface area contributed by atoms with Gasteiger partial charge in [-0.2, -0.15) is 0 Å². The molecule has 0 aromatic rings. The summed E-state index contributed by atoms with van der Waals surface area (Å²) < 4.78 is 0. The zero-order valence-corrected chi connectivity index (χ0v) is 11.6. The molecule has 1 aliphatic rings. The van der Waals surface area contributed by atoms with E-state index in [9.17, 15) is 9.59 Å². The van der Waals surface area contributed by atoms with Crippen molar-refractivity contribution < 1.29 is 14.7 Å². The van der Waals surface area contributed by atoms with Crippen molar-refractivity contribution in [1.29, 1.82) is 0 Å². The first-order valence-electron chi connectivity index (χ1n) is 6.33. The van der Waals surface area contributed by atoms with E-state index < -0.39 is 11.5 Å². The maximum Gasteiger partial charge on any atom is 0.330 e. The van der Waals surface area contributed by atoms with Crippen LogP contribution in [0.2, 0.25) is 0 Å². The van der Waals surface area contributed by atoms with E-state index in [2.05, 4.69) is 18.5 Å². The van der Waals surface area contributed by atoms with Crippen molar-refractivity contribution in [3.63, 3.8) is 0 Å². The Morgan fingerprint density at radius 3 is 2.63 bits per heavy atom. The third-order valence-corrected chi connectivity index (χ3v) is 3.86. The van der Waals surface area contributed by atoms with E-state index in [1.807, 2.05) is 19.0 Å². The summed E-state index contributed by atoms with van der Waals surface area (Å²) >= 11 is 0. The summed E-state index contributed by atoms with van der Waals surface area (Å²) in [6.07, 6.45) is 3.07. The summed E-state index contributed by atoms with van der Waals surface area (Å²) in [5.41, 5.74) is -0.426. The summed E-state index contributed by atoms with van der Waals surface area (Å²) in [7, 11) is 3.75. The Bertz CT molecular complexity index is 403. The number of rotatable bonds is 7. The lowest BCUT2D eigenvalue weighted by molar-refractivity contribution is -0.132. The highest BCUT2D eigenvalue weighted by Crippen LogP contribution is 2.29. The molecule has 1 aliphatic heterocycles. The number of hydrogen-bond donors (Lipinski definition) is 2. The molecule has 19 heavy (non-hydrogen) atoms. The molecule has 2 unspecified atom stereocenters. The van der Waals surface area contributed by atoms with Gasteiger partial charge in [-0.1, -0.05) is 12.7 Å². The van der Waals surface area contributed by atoms with Crippen LogP contribution in [-0.2, 0) is 9.59 Å². The normalized spacial score (nSPS) is 22.3. The Balaban J connectivity index is 2.93. The smallest absolute Gasteiger partial charge is 0.330 e. The van der Waals surface area contributed by atoms with Gasteiger partial charge in [0.05, 0.1) is 11.6 Å². The van der Waals surface area contributed by atoms with E-state index in [1.54, 1.807) is 6.08 Å². The van der Waals surface area contributed by atoms with Crippen LogP contribution < -0.4 is 5.32 Å². The molecule has 0 radical (unpaired) electrons. The van der Waals surface area contributed by atoms with Gasteiger partial charge in [-0.25, -0.2) is 4.79 Å². The van der Waals surface area contributed by atoms with Crippen LogP contribution in [-0.4, -0.2) is 54.0 Å². The molecule has 2 atom stereocenters. The van der Waals surface area contributed by atoms with Crippen molar-refractivity contribution in [3.05, 3.63) is 24.8 Å². The monoisotopic (exact) mass is 266 g/mol. The fraction of sp³-hybridized carbons (Fsp3) is 0.571. The van der Waals surface area contributed by atoms with Crippen molar-refractivity contribution in [1.82, 2.24) is 10.2 Å². The van der Waals surface area contributed by atoms with Crippen molar-refractivity contribution in [2.45, 2.75) is 30.8 Å². The second-order valence-electron chi connectivity index (χ2n) is 5.10. The molecule has 0 saturated carbocycles. The lowest BCUT2D eigenvalue weighted by Crippen LogP contribution is -2.58. The predicted octanol–water partition coefficient (Wildman–Crippen LogP) is 0.825. The summed E-state index contributed by atoms with van der Waals surface area (Å²) in [4.78, 5) is 24.8. The van der Waals surface area contributed by atoms with E-state index in [0.717, 1.165) is 0 Å². The third-order valence-electron chi connectivity index (χ3n) is 3.86. The minimum atomic E-state index is -0.998. The van der Waals surface area contributed by atoms with Gasteiger partial charge in [-0.05, 0) is 26.9 Å². The topological polar surface area (TPSA) is 69.6 Å². The number of nitrogens with one attached hydrogen (secondary N) is 1. The fourth-order valence-corrected chi connectivity index (χ4v) is 2.54. The number of aliphatic carboxylic acids is 1. The third kappa shape index (κ3) is 3.11. The average Bonchev–Trinajstić information content (AvgIpc) is 2.77. The van der Waals surface area contributed by atoms with Crippen LogP contribution in [0.15, 0.2) is 24.8 Å². The minimum absolute atomic E-state index is 0.148. The molecule has 0 bridgehead atoms. The molecular formula is C14H22N2O3. The number of carboxylic acids is 1. The largest absolute Gasteiger partial charge is 0.478 e. The molecule has 106 valence electrons. The van der Waals surface area contributed by atoms with Crippen LogP contribution in [0.4, 0.5) is 0 Å². The van der Waals surface area contributed by atoms with Gasteiger partial charge in [0.25, 0.3) is 0 Å². The molecule has 1 rings (SSSR count). The Labute approximate surface area is 114 Å². The summed E-state index contributed by atoms with van der Waals surface area (Å²) in [5, 5.41) is 12.1.